The van der Waals surface area contributed by atoms with Crippen LogP contribution in [0.2, 0.25) is 0 Å². The quantitative estimate of drug-likeness (QED) is 0.125. The van der Waals surface area contributed by atoms with E-state index in [0.717, 1.165) is 23.7 Å². The van der Waals surface area contributed by atoms with Crippen LogP contribution in [-0.2, 0) is 0 Å². The van der Waals surface area contributed by atoms with Gasteiger partial charge in [-0.1, -0.05) is 55.4 Å². The van der Waals surface area contributed by atoms with Crippen molar-refractivity contribution in [3.05, 3.63) is 0 Å². The highest BCUT2D eigenvalue weighted by Crippen LogP contribution is 2.12. The zero-order valence-electron chi connectivity index (χ0n) is 27.7. The molecular weight excluding hydrogens is 464 g/mol. The molecule has 0 amide bonds. The van der Waals surface area contributed by atoms with Gasteiger partial charge in [-0.3, -0.25) is 0 Å². The first-order valence-corrected chi connectivity index (χ1v) is 17.0. The summed E-state index contributed by atoms with van der Waals surface area (Å²) < 4.78 is 0. The van der Waals surface area contributed by atoms with Gasteiger partial charge in [-0.2, -0.15) is 0 Å². The number of rotatable bonds is 24. The molecule has 1 rings (SSSR count). The van der Waals surface area contributed by atoms with Gasteiger partial charge in [0.2, 0.25) is 0 Å². The van der Waals surface area contributed by atoms with E-state index in [1.165, 1.54) is 143 Å². The van der Waals surface area contributed by atoms with Gasteiger partial charge in [0.05, 0.1) is 0 Å². The van der Waals surface area contributed by atoms with Gasteiger partial charge in [-0.05, 0) is 140 Å². The first kappa shape index (κ1) is 35.9. The van der Waals surface area contributed by atoms with E-state index in [-0.39, 0.29) is 0 Å². The average Bonchev–Trinajstić information content (AvgIpc) is 2.83. The second kappa shape index (κ2) is 22.5. The molecule has 0 atom stereocenters. The lowest BCUT2D eigenvalue weighted by Gasteiger charge is -2.35. The zero-order valence-corrected chi connectivity index (χ0v) is 27.7. The molecule has 0 spiro atoms. The smallest absolute Gasteiger partial charge is 0.0110 e. The molecule has 0 saturated carbocycles. The van der Waals surface area contributed by atoms with Crippen LogP contribution in [0.1, 0.15) is 120 Å². The molecule has 0 aromatic heterocycles. The summed E-state index contributed by atoms with van der Waals surface area (Å²) in [5.41, 5.74) is 0. The molecule has 0 aromatic rings. The zero-order chi connectivity index (χ0) is 28.2. The lowest BCUT2D eigenvalue weighted by Crippen LogP contribution is -2.47. The number of hydrogen-bond acceptors (Lipinski definition) is 4. The van der Waals surface area contributed by atoms with Crippen LogP contribution in [0.3, 0.4) is 0 Å². The van der Waals surface area contributed by atoms with Crippen LogP contribution in [0.5, 0.6) is 0 Å². The van der Waals surface area contributed by atoms with Crippen molar-refractivity contribution in [2.24, 2.45) is 23.7 Å². The first-order chi connectivity index (χ1) is 18.2. The Morgan fingerprint density at radius 1 is 0.395 bits per heavy atom. The third kappa shape index (κ3) is 20.7. The maximum atomic E-state index is 2.77. The summed E-state index contributed by atoms with van der Waals surface area (Å²) >= 11 is 0. The third-order valence-electron chi connectivity index (χ3n) is 8.39. The van der Waals surface area contributed by atoms with Gasteiger partial charge in [-0.25, -0.2) is 0 Å². The summed E-state index contributed by atoms with van der Waals surface area (Å²) in [7, 11) is 0. The minimum absolute atomic E-state index is 0.835. The van der Waals surface area contributed by atoms with Crippen LogP contribution in [0.4, 0.5) is 0 Å². The van der Waals surface area contributed by atoms with E-state index in [0.29, 0.717) is 0 Å². The predicted octanol–water partition coefficient (Wildman–Crippen LogP) is 7.73. The molecule has 0 unspecified atom stereocenters. The van der Waals surface area contributed by atoms with Gasteiger partial charge in [0.15, 0.2) is 0 Å². The standard InChI is InChI=1S/C34H72N4/c1-31(2)15-9-19-35(20-10-16-32(3)4)23-13-25-37-27-29-38(30-28-37)26-14-24-36(21-11-17-33(5)6)22-12-18-34(7)8/h31-34H,9-30H2,1-8H3. The molecule has 1 heterocycles. The van der Waals surface area contributed by atoms with E-state index >= 15 is 0 Å². The van der Waals surface area contributed by atoms with Gasteiger partial charge in [0.1, 0.15) is 0 Å². The minimum atomic E-state index is 0.835. The molecule has 0 aromatic carbocycles. The lowest BCUT2D eigenvalue weighted by atomic mass is 10.1. The van der Waals surface area contributed by atoms with Crippen molar-refractivity contribution in [2.45, 2.75) is 120 Å². The molecule has 1 fully saturated rings. The van der Waals surface area contributed by atoms with Crippen molar-refractivity contribution in [1.82, 2.24) is 19.6 Å². The summed E-state index contributed by atoms with van der Waals surface area (Å²) in [6, 6.07) is 0. The molecule has 1 aliphatic heterocycles. The van der Waals surface area contributed by atoms with E-state index in [2.05, 4.69) is 75.0 Å². The Balaban J connectivity index is 2.27. The maximum absolute atomic E-state index is 2.77. The summed E-state index contributed by atoms with van der Waals surface area (Å²) in [6.07, 6.45) is 13.6. The third-order valence-corrected chi connectivity index (χ3v) is 8.39. The number of hydrogen-bond donors (Lipinski definition) is 0. The largest absolute Gasteiger partial charge is 0.303 e. The fourth-order valence-corrected chi connectivity index (χ4v) is 5.84. The highest BCUT2D eigenvalue weighted by atomic mass is 15.3. The summed E-state index contributed by atoms with van der Waals surface area (Å²) in [5.74, 6) is 3.34. The van der Waals surface area contributed by atoms with Crippen molar-refractivity contribution in [1.29, 1.82) is 0 Å². The Bertz CT molecular complexity index is 437. The second-order valence-electron chi connectivity index (χ2n) is 14.2. The maximum Gasteiger partial charge on any atom is 0.0110 e. The molecule has 0 radical (unpaired) electrons. The van der Waals surface area contributed by atoms with Gasteiger partial charge in [0.25, 0.3) is 0 Å². The van der Waals surface area contributed by atoms with Crippen LogP contribution >= 0.6 is 0 Å². The average molecular weight is 537 g/mol. The van der Waals surface area contributed by atoms with Crippen LogP contribution in [0, 0.1) is 23.7 Å². The normalized spacial score (nSPS) is 15.9. The molecule has 1 saturated heterocycles. The fraction of sp³-hybridized carbons (Fsp3) is 1.00. The van der Waals surface area contributed by atoms with Gasteiger partial charge in [0, 0.05) is 26.2 Å². The predicted molar refractivity (Wildman–Crippen MR) is 171 cm³/mol. The molecule has 0 bridgehead atoms. The van der Waals surface area contributed by atoms with Gasteiger partial charge < -0.3 is 19.6 Å². The molecule has 4 nitrogen and oxygen atoms in total. The van der Waals surface area contributed by atoms with Crippen molar-refractivity contribution in [3.63, 3.8) is 0 Å². The van der Waals surface area contributed by atoms with E-state index < -0.39 is 0 Å². The number of nitrogens with zero attached hydrogens (tertiary/aromatic N) is 4. The SMILES string of the molecule is CC(C)CCCN(CCCC(C)C)CCCN1CCN(CCCN(CCCC(C)C)CCCC(C)C)CC1. The number of piperazine rings is 1. The first-order valence-electron chi connectivity index (χ1n) is 17.0. The molecule has 0 N–H and O–H groups in total. The minimum Gasteiger partial charge on any atom is -0.303 e. The summed E-state index contributed by atoms with van der Waals surface area (Å²) in [5, 5.41) is 0. The van der Waals surface area contributed by atoms with Crippen molar-refractivity contribution in [3.8, 4) is 0 Å². The topological polar surface area (TPSA) is 13.0 Å². The fourth-order valence-electron chi connectivity index (χ4n) is 5.84. The Morgan fingerprint density at radius 2 is 0.632 bits per heavy atom. The van der Waals surface area contributed by atoms with E-state index in [9.17, 15) is 0 Å². The van der Waals surface area contributed by atoms with Crippen LogP contribution in [0.15, 0.2) is 0 Å². The van der Waals surface area contributed by atoms with Gasteiger partial charge in [-0.15, -0.1) is 0 Å². The highest BCUT2D eigenvalue weighted by molar-refractivity contribution is 4.73. The summed E-state index contributed by atoms with van der Waals surface area (Å²) in [4.78, 5) is 11.0. The Labute approximate surface area is 241 Å². The van der Waals surface area contributed by atoms with Crippen molar-refractivity contribution < 1.29 is 0 Å². The van der Waals surface area contributed by atoms with Crippen molar-refractivity contribution in [2.75, 3.05) is 78.5 Å². The Kier molecular flexibility index (Phi) is 21.3. The molecular formula is C34H72N4. The highest BCUT2D eigenvalue weighted by Gasteiger charge is 2.17. The molecule has 0 aliphatic carbocycles. The van der Waals surface area contributed by atoms with E-state index in [1.807, 2.05) is 0 Å². The second-order valence-corrected chi connectivity index (χ2v) is 14.2. The van der Waals surface area contributed by atoms with E-state index in [1.54, 1.807) is 0 Å². The van der Waals surface area contributed by atoms with Crippen LogP contribution in [0.25, 0.3) is 0 Å². The van der Waals surface area contributed by atoms with Crippen molar-refractivity contribution >= 4 is 0 Å². The Morgan fingerprint density at radius 3 is 0.868 bits per heavy atom. The van der Waals surface area contributed by atoms with Crippen LogP contribution in [-0.4, -0.2) is 98.1 Å². The molecule has 38 heavy (non-hydrogen) atoms. The van der Waals surface area contributed by atoms with Gasteiger partial charge >= 0.3 is 0 Å². The Hall–Kier alpha value is -0.160. The van der Waals surface area contributed by atoms with Crippen LogP contribution < -0.4 is 0 Å². The lowest BCUT2D eigenvalue weighted by molar-refractivity contribution is 0.120. The van der Waals surface area contributed by atoms with E-state index in [4.69, 9.17) is 0 Å². The molecule has 4 heteroatoms. The summed E-state index contributed by atoms with van der Waals surface area (Å²) in [6.45, 7) is 34.3. The monoisotopic (exact) mass is 537 g/mol. The molecule has 228 valence electrons. The molecule has 1 aliphatic rings.